The molecule has 0 saturated heterocycles. The Morgan fingerprint density at radius 2 is 2.05 bits per heavy atom. The van der Waals surface area contributed by atoms with E-state index in [0.717, 1.165) is 26.1 Å². The van der Waals surface area contributed by atoms with E-state index < -0.39 is 0 Å². The minimum absolute atomic E-state index is 0.0890. The molecule has 0 N–H and O–H groups in total. The van der Waals surface area contributed by atoms with Crippen molar-refractivity contribution in [2.75, 3.05) is 0 Å². The van der Waals surface area contributed by atoms with Crippen molar-refractivity contribution in [2.24, 2.45) is 0 Å². The van der Waals surface area contributed by atoms with E-state index in [9.17, 15) is 0 Å². The lowest BCUT2D eigenvalue weighted by molar-refractivity contribution is 0.644. The maximum absolute atomic E-state index is 6.34. The van der Waals surface area contributed by atoms with Gasteiger partial charge in [0.1, 0.15) is 5.82 Å². The Labute approximate surface area is 135 Å². The molecule has 0 radical (unpaired) electrons. The summed E-state index contributed by atoms with van der Waals surface area (Å²) in [6.07, 6.45) is 0. The summed E-state index contributed by atoms with van der Waals surface area (Å²) in [4.78, 5) is 5.72. The molecule has 6 heteroatoms. The first kappa shape index (κ1) is 14.2. The van der Waals surface area contributed by atoms with Crippen molar-refractivity contribution in [3.05, 3.63) is 50.4 Å². The molecule has 0 bridgehead atoms. The minimum atomic E-state index is 0.0890. The lowest BCUT2D eigenvalue weighted by atomic mass is 10.2. The molecule has 0 amide bonds. The number of nitrogens with zero attached hydrogens (tertiary/aromatic N) is 2. The van der Waals surface area contributed by atoms with Crippen LogP contribution >= 0.6 is 46.1 Å². The van der Waals surface area contributed by atoms with E-state index in [1.165, 1.54) is 0 Å². The maximum Gasteiger partial charge on any atom is 0.125 e. The zero-order valence-corrected chi connectivity index (χ0v) is 13.7. The van der Waals surface area contributed by atoms with E-state index in [-0.39, 0.29) is 6.04 Å². The SMILES string of the molecule is CC(c1ccc(Cl)s1)n1c(CCl)nc2cccc(Cl)c21. The highest BCUT2D eigenvalue weighted by atomic mass is 35.5. The van der Waals surface area contributed by atoms with Gasteiger partial charge in [0.15, 0.2) is 0 Å². The molecular formula is C14H11Cl3N2S. The fourth-order valence-corrected chi connectivity index (χ4v) is 3.90. The van der Waals surface area contributed by atoms with E-state index in [4.69, 9.17) is 34.8 Å². The first-order valence-corrected chi connectivity index (χ1v) is 8.19. The summed E-state index contributed by atoms with van der Waals surface area (Å²) >= 11 is 20.0. The number of hydrogen-bond donors (Lipinski definition) is 0. The predicted octanol–water partition coefficient (Wildman–Crippen LogP) is 5.75. The number of hydrogen-bond acceptors (Lipinski definition) is 2. The Morgan fingerprint density at radius 3 is 2.70 bits per heavy atom. The van der Waals surface area contributed by atoms with Crippen LogP contribution < -0.4 is 0 Å². The molecule has 1 aromatic carbocycles. The lowest BCUT2D eigenvalue weighted by Crippen LogP contribution is -2.08. The standard InChI is InChI=1S/C14H11Cl3N2S/c1-8(11-5-6-12(17)20-11)19-13(7-15)18-10-4-2-3-9(16)14(10)19/h2-6,8H,7H2,1H3. The van der Waals surface area contributed by atoms with Crippen LogP contribution in [0.15, 0.2) is 30.3 Å². The van der Waals surface area contributed by atoms with Crippen molar-refractivity contribution in [3.63, 3.8) is 0 Å². The first-order valence-electron chi connectivity index (χ1n) is 6.08. The normalized spacial score (nSPS) is 13.0. The van der Waals surface area contributed by atoms with Crippen LogP contribution in [0.2, 0.25) is 9.36 Å². The average molecular weight is 346 g/mol. The highest BCUT2D eigenvalue weighted by molar-refractivity contribution is 7.16. The topological polar surface area (TPSA) is 17.8 Å². The molecule has 0 aliphatic rings. The number of rotatable bonds is 3. The van der Waals surface area contributed by atoms with E-state index in [1.54, 1.807) is 11.3 Å². The van der Waals surface area contributed by atoms with Gasteiger partial charge in [0.25, 0.3) is 0 Å². The Balaban J connectivity index is 2.23. The highest BCUT2D eigenvalue weighted by Crippen LogP contribution is 2.34. The number of fused-ring (bicyclic) bond motifs is 1. The van der Waals surface area contributed by atoms with Gasteiger partial charge < -0.3 is 4.57 Å². The van der Waals surface area contributed by atoms with Crippen LogP contribution in [-0.4, -0.2) is 9.55 Å². The molecular weight excluding hydrogens is 335 g/mol. The van der Waals surface area contributed by atoms with E-state index >= 15 is 0 Å². The number of benzene rings is 1. The molecule has 2 aromatic heterocycles. The second kappa shape index (κ2) is 5.57. The second-order valence-corrected chi connectivity index (χ2v) is 6.88. The molecule has 0 fully saturated rings. The molecule has 20 heavy (non-hydrogen) atoms. The fourth-order valence-electron chi connectivity index (χ4n) is 2.35. The van der Waals surface area contributed by atoms with Crippen LogP contribution in [0.4, 0.5) is 0 Å². The maximum atomic E-state index is 6.34. The molecule has 0 spiro atoms. The van der Waals surface area contributed by atoms with Gasteiger partial charge in [-0.1, -0.05) is 29.3 Å². The van der Waals surface area contributed by atoms with Crippen molar-refractivity contribution in [3.8, 4) is 0 Å². The molecule has 0 saturated carbocycles. The van der Waals surface area contributed by atoms with Gasteiger partial charge in [-0.25, -0.2) is 4.98 Å². The lowest BCUT2D eigenvalue weighted by Gasteiger charge is -2.16. The molecule has 0 aliphatic carbocycles. The number of alkyl halides is 1. The molecule has 3 aromatic rings. The molecule has 2 heterocycles. The van der Waals surface area contributed by atoms with Gasteiger partial charge in [-0.3, -0.25) is 0 Å². The van der Waals surface area contributed by atoms with Gasteiger partial charge in [-0.2, -0.15) is 0 Å². The van der Waals surface area contributed by atoms with Gasteiger partial charge in [-0.05, 0) is 31.2 Å². The Hall–Kier alpha value is -0.740. The molecule has 2 nitrogen and oxygen atoms in total. The summed E-state index contributed by atoms with van der Waals surface area (Å²) in [5.74, 6) is 1.15. The number of aromatic nitrogens is 2. The van der Waals surface area contributed by atoms with Crippen LogP contribution in [-0.2, 0) is 5.88 Å². The van der Waals surface area contributed by atoms with Crippen molar-refractivity contribution < 1.29 is 0 Å². The summed E-state index contributed by atoms with van der Waals surface area (Å²) in [5, 5.41) is 0.681. The minimum Gasteiger partial charge on any atom is -0.318 e. The van der Waals surface area contributed by atoms with Gasteiger partial charge in [0.05, 0.1) is 32.3 Å². The first-order chi connectivity index (χ1) is 9.61. The highest BCUT2D eigenvalue weighted by Gasteiger charge is 2.19. The summed E-state index contributed by atoms with van der Waals surface area (Å²) in [6.45, 7) is 2.10. The van der Waals surface area contributed by atoms with Crippen molar-refractivity contribution >= 4 is 57.2 Å². The molecule has 104 valence electrons. The van der Waals surface area contributed by atoms with Gasteiger partial charge >= 0.3 is 0 Å². The van der Waals surface area contributed by atoms with Crippen LogP contribution in [0, 0.1) is 0 Å². The molecule has 0 aliphatic heterocycles. The largest absolute Gasteiger partial charge is 0.318 e. The van der Waals surface area contributed by atoms with Gasteiger partial charge in [0.2, 0.25) is 0 Å². The zero-order chi connectivity index (χ0) is 14.3. The zero-order valence-electron chi connectivity index (χ0n) is 10.6. The number of para-hydroxylation sites is 1. The number of thiophene rings is 1. The van der Waals surface area contributed by atoms with Gasteiger partial charge in [0, 0.05) is 4.88 Å². The van der Waals surface area contributed by atoms with E-state index in [2.05, 4.69) is 16.5 Å². The second-order valence-electron chi connectivity index (χ2n) is 4.46. The number of imidazole rings is 1. The van der Waals surface area contributed by atoms with Crippen LogP contribution in [0.1, 0.15) is 23.7 Å². The third-order valence-electron chi connectivity index (χ3n) is 3.25. The van der Waals surface area contributed by atoms with Gasteiger partial charge in [-0.15, -0.1) is 22.9 Å². The molecule has 1 unspecified atom stereocenters. The smallest absolute Gasteiger partial charge is 0.125 e. The summed E-state index contributed by atoms with van der Waals surface area (Å²) in [5.41, 5.74) is 1.78. The molecule has 3 rings (SSSR count). The summed E-state index contributed by atoms with van der Waals surface area (Å²) < 4.78 is 2.86. The fraction of sp³-hybridized carbons (Fsp3) is 0.214. The molecule has 1 atom stereocenters. The Kier molecular flexibility index (Phi) is 3.95. The van der Waals surface area contributed by atoms with Crippen LogP contribution in [0.25, 0.3) is 11.0 Å². The monoisotopic (exact) mass is 344 g/mol. The number of halogens is 3. The van der Waals surface area contributed by atoms with Crippen molar-refractivity contribution in [1.82, 2.24) is 9.55 Å². The summed E-state index contributed by atoms with van der Waals surface area (Å²) in [7, 11) is 0. The third-order valence-corrected chi connectivity index (χ3v) is 5.19. The van der Waals surface area contributed by atoms with E-state index in [1.807, 2.05) is 30.3 Å². The van der Waals surface area contributed by atoms with Crippen molar-refractivity contribution in [2.45, 2.75) is 18.8 Å². The average Bonchev–Trinajstić information content (AvgIpc) is 3.02. The predicted molar refractivity (Wildman–Crippen MR) is 87.4 cm³/mol. The third kappa shape index (κ3) is 2.33. The summed E-state index contributed by atoms with van der Waals surface area (Å²) in [6, 6.07) is 9.73. The van der Waals surface area contributed by atoms with Crippen molar-refractivity contribution in [1.29, 1.82) is 0 Å². The van der Waals surface area contributed by atoms with E-state index in [0.29, 0.717) is 10.9 Å². The quantitative estimate of drug-likeness (QED) is 0.552. The van der Waals surface area contributed by atoms with Crippen LogP contribution in [0.3, 0.4) is 0 Å². The van der Waals surface area contributed by atoms with Crippen LogP contribution in [0.5, 0.6) is 0 Å². The Morgan fingerprint density at radius 1 is 1.25 bits per heavy atom. The Bertz CT molecular complexity index is 763.